The van der Waals surface area contributed by atoms with Crippen molar-refractivity contribution in [2.75, 3.05) is 0 Å². The molecule has 8 heteroatoms. The van der Waals surface area contributed by atoms with Gasteiger partial charge >= 0.3 is 31.0 Å². The van der Waals surface area contributed by atoms with Gasteiger partial charge in [-0.2, -0.15) is 0 Å². The van der Waals surface area contributed by atoms with Crippen LogP contribution in [-0.4, -0.2) is 20.2 Å². The summed E-state index contributed by atoms with van der Waals surface area (Å²) in [4.78, 5) is 21.6. The Morgan fingerprint density at radius 2 is 1.12 bits per heavy atom. The van der Waals surface area contributed by atoms with Gasteiger partial charge in [0.05, 0.1) is 0 Å². The minimum absolute atomic E-state index is 0. The molecule has 0 atom stereocenters. The fourth-order valence-corrected chi connectivity index (χ4v) is 0. The molecule has 0 bridgehead atoms. The van der Waals surface area contributed by atoms with Crippen molar-refractivity contribution in [1.82, 2.24) is 0 Å². The van der Waals surface area contributed by atoms with Crippen LogP contribution in [0.3, 0.4) is 0 Å². The van der Waals surface area contributed by atoms with E-state index in [4.69, 9.17) is 22.6 Å². The predicted molar refractivity (Wildman–Crippen MR) is 18.6 cm³/mol. The van der Waals surface area contributed by atoms with E-state index < -0.39 is 7.82 Å². The number of rotatable bonds is 0. The summed E-state index contributed by atoms with van der Waals surface area (Å²) in [6.07, 6.45) is 0. The molecule has 0 amide bonds. The van der Waals surface area contributed by atoms with E-state index >= 15 is 0 Å². The van der Waals surface area contributed by atoms with Crippen molar-refractivity contribution in [1.29, 1.82) is 0 Å². The summed E-state index contributed by atoms with van der Waals surface area (Å²) in [7, 11) is -4.64. The average Bonchev–Trinajstić information content (AvgIpc) is 1.36. The summed E-state index contributed by atoms with van der Waals surface area (Å²) < 4.78 is 17.1. The Labute approximate surface area is 56.3 Å². The zero-order chi connectivity index (χ0) is 6.50. The molecule has 0 aliphatic heterocycles. The molecule has 0 aromatic carbocycles. The first-order valence-corrected chi connectivity index (χ1v) is 3.33. The quantitative estimate of drug-likeness (QED) is 0.330. The summed E-state index contributed by atoms with van der Waals surface area (Å²) in [6, 6.07) is 0. The molecule has 0 radical (unpaired) electrons. The van der Waals surface area contributed by atoms with Gasteiger partial charge in [0.25, 0.3) is 0 Å². The average molecular weight is 228 g/mol. The fourth-order valence-electron chi connectivity index (χ4n) is 0. The van der Waals surface area contributed by atoms with Gasteiger partial charge in [0.15, 0.2) is 0 Å². The van der Waals surface area contributed by atoms with Gasteiger partial charge in [-0.25, -0.2) is 4.57 Å². The van der Waals surface area contributed by atoms with E-state index in [0.29, 0.717) is 19.8 Å². The molecule has 0 heterocycles. The topological polar surface area (TPSA) is 126 Å². The van der Waals surface area contributed by atoms with Crippen molar-refractivity contribution in [3.05, 3.63) is 0 Å². The van der Waals surface area contributed by atoms with Crippen LogP contribution in [0.1, 0.15) is 0 Å². The maximum atomic E-state index is 8.88. The van der Waals surface area contributed by atoms with E-state index in [2.05, 4.69) is 0 Å². The van der Waals surface area contributed by atoms with Gasteiger partial charge < -0.3 is 20.2 Å². The molecule has 0 aliphatic carbocycles. The van der Waals surface area contributed by atoms with Gasteiger partial charge in [-0.3, -0.25) is 0 Å². The van der Waals surface area contributed by atoms with Crippen molar-refractivity contribution in [2.24, 2.45) is 0 Å². The van der Waals surface area contributed by atoms with Crippen LogP contribution >= 0.6 is 7.82 Å². The first-order valence-electron chi connectivity index (χ1n) is 0.949. The van der Waals surface area contributed by atoms with Crippen molar-refractivity contribution >= 4 is 7.82 Å². The Bertz CT molecular complexity index is 64.3. The number of phosphoric acid groups is 1. The third-order valence-corrected chi connectivity index (χ3v) is 0. The Morgan fingerprint density at radius 1 is 1.12 bits per heavy atom. The summed E-state index contributed by atoms with van der Waals surface area (Å²) in [5, 5.41) is 0. The molecule has 5 N–H and O–H groups in total. The summed E-state index contributed by atoms with van der Waals surface area (Å²) in [6.45, 7) is 0. The van der Waals surface area contributed by atoms with Crippen LogP contribution in [0.5, 0.6) is 0 Å². The first kappa shape index (κ1) is 15.8. The predicted octanol–water partition coefficient (Wildman–Crippen LogP) is -1.87. The van der Waals surface area contributed by atoms with E-state index in [0.717, 1.165) is 0 Å². The minimum atomic E-state index is -4.64. The Balaban J connectivity index is -0.0000000750. The molecule has 0 fully saturated rings. The van der Waals surface area contributed by atoms with Gasteiger partial charge in [-0.05, 0) is 0 Å². The van der Waals surface area contributed by atoms with Crippen molar-refractivity contribution in [3.8, 4) is 0 Å². The third kappa shape index (κ3) is 650. The van der Waals surface area contributed by atoms with E-state index in [-0.39, 0.29) is 5.48 Å². The van der Waals surface area contributed by atoms with Gasteiger partial charge in [-0.15, -0.1) is 0 Å². The van der Waals surface area contributed by atoms with Crippen LogP contribution < -0.4 is 0 Å². The van der Waals surface area contributed by atoms with E-state index in [9.17, 15) is 0 Å². The van der Waals surface area contributed by atoms with Crippen LogP contribution in [0.25, 0.3) is 0 Å². The molecule has 0 spiro atoms. The standard InChI is InChI=1S/Mo.H3O4P.H2O.O/c;1-5(2,3)4;;/h;(H3,1,2,3,4);1H2;. The van der Waals surface area contributed by atoms with Crippen LogP contribution in [0, 0.1) is 0 Å². The molecule has 0 aromatic rings. The zero-order valence-corrected chi connectivity index (χ0v) is 6.42. The van der Waals surface area contributed by atoms with Crippen LogP contribution in [-0.2, 0) is 27.7 Å². The van der Waals surface area contributed by atoms with E-state index in [1.165, 1.54) is 0 Å². The molecule has 0 aromatic heterocycles. The maximum absolute atomic E-state index is 8.88. The second-order valence-corrected chi connectivity index (χ2v) is 1.54. The summed E-state index contributed by atoms with van der Waals surface area (Å²) in [5.74, 6) is 0. The summed E-state index contributed by atoms with van der Waals surface area (Å²) >= 11 is 0.700. The zero-order valence-electron chi connectivity index (χ0n) is 3.51. The van der Waals surface area contributed by atoms with Gasteiger partial charge in [0, 0.05) is 0 Å². The van der Waals surface area contributed by atoms with Crippen LogP contribution in [0.15, 0.2) is 0 Å². The molecule has 6 nitrogen and oxygen atoms in total. The second-order valence-electron chi connectivity index (χ2n) is 0.513. The molecule has 0 saturated carbocycles. The fraction of sp³-hybridized carbons (Fsp3) is 0. The summed E-state index contributed by atoms with van der Waals surface area (Å²) in [5.41, 5.74) is 0. The normalized spacial score (nSPS) is 7.88. The first-order chi connectivity index (χ1) is 3.00. The van der Waals surface area contributed by atoms with Crippen molar-refractivity contribution < 1.29 is 47.9 Å². The Kier molecular flexibility index (Phi) is 15.0. The Morgan fingerprint density at radius 3 is 1.12 bits per heavy atom. The van der Waals surface area contributed by atoms with E-state index in [1.807, 2.05) is 0 Å². The second kappa shape index (κ2) is 7.56. The van der Waals surface area contributed by atoms with Gasteiger partial charge in [-0.1, -0.05) is 0 Å². The number of hydrogen-bond acceptors (Lipinski definition) is 2. The molecular weight excluding hydrogens is 223 g/mol. The molecule has 0 saturated heterocycles. The molecule has 0 aliphatic rings. The third-order valence-electron chi connectivity index (χ3n) is 0. The molecule has 52 valence electrons. The van der Waals surface area contributed by atoms with Crippen LogP contribution in [0.4, 0.5) is 0 Å². The van der Waals surface area contributed by atoms with Gasteiger partial charge in [0.2, 0.25) is 0 Å². The van der Waals surface area contributed by atoms with E-state index in [1.54, 1.807) is 0 Å². The SMILES string of the molecule is O.O=P(O)(O)O.[O]=[Mo]. The molecular formula is H5MoO6P. The van der Waals surface area contributed by atoms with Crippen molar-refractivity contribution in [3.63, 3.8) is 0 Å². The van der Waals surface area contributed by atoms with Crippen LogP contribution in [0.2, 0.25) is 0 Å². The monoisotopic (exact) mass is 230 g/mol. The Hall–Kier alpha value is 0.558. The molecule has 0 rings (SSSR count). The number of hydrogen-bond donors (Lipinski definition) is 3. The van der Waals surface area contributed by atoms with Crippen molar-refractivity contribution in [2.45, 2.75) is 0 Å². The molecule has 0 unspecified atom stereocenters. The van der Waals surface area contributed by atoms with Gasteiger partial charge in [0.1, 0.15) is 0 Å². The molecule has 8 heavy (non-hydrogen) atoms.